The van der Waals surface area contributed by atoms with Crippen LogP contribution in [0.15, 0.2) is 30.3 Å². The van der Waals surface area contributed by atoms with Gasteiger partial charge in [-0.2, -0.15) is 0 Å². The summed E-state index contributed by atoms with van der Waals surface area (Å²) in [6.07, 6.45) is 0. The second kappa shape index (κ2) is 6.86. The van der Waals surface area contributed by atoms with Gasteiger partial charge in [-0.3, -0.25) is 4.79 Å². The number of hydrogen-bond donors (Lipinski definition) is 2. The zero-order chi connectivity index (χ0) is 14.3. The molecule has 0 fully saturated rings. The Morgan fingerprint density at radius 3 is 2.32 bits per heavy atom. The van der Waals surface area contributed by atoms with Gasteiger partial charge in [0.05, 0.1) is 24.8 Å². The van der Waals surface area contributed by atoms with E-state index < -0.39 is 35.0 Å². The monoisotopic (exact) mass is 285 g/mol. The van der Waals surface area contributed by atoms with Gasteiger partial charge in [0, 0.05) is 0 Å². The summed E-state index contributed by atoms with van der Waals surface area (Å²) in [4.78, 5) is 21.2. The third kappa shape index (κ3) is 6.53. The summed E-state index contributed by atoms with van der Waals surface area (Å²) in [5.41, 5.74) is 0.588. The molecule has 0 saturated heterocycles. The molecule has 104 valence electrons. The molecule has 19 heavy (non-hydrogen) atoms. The minimum Gasteiger partial charge on any atom is -0.548 e. The van der Waals surface area contributed by atoms with Gasteiger partial charge in [0.15, 0.2) is 0 Å². The molecule has 0 radical (unpaired) electrons. The van der Waals surface area contributed by atoms with Crippen LogP contribution < -0.4 is 15.1 Å². The van der Waals surface area contributed by atoms with Gasteiger partial charge < -0.3 is 15.2 Å². The molecule has 0 saturated carbocycles. The topological polar surface area (TPSA) is 115 Å². The van der Waals surface area contributed by atoms with Gasteiger partial charge in [-0.05, 0) is 5.56 Å². The van der Waals surface area contributed by atoms with Gasteiger partial charge in [0.25, 0.3) is 0 Å². The number of carbonyl (C=O) groups is 2. The fraction of sp³-hybridized carbons (Fsp3) is 0.273. The van der Waals surface area contributed by atoms with Crippen LogP contribution in [-0.4, -0.2) is 33.4 Å². The van der Waals surface area contributed by atoms with Crippen molar-refractivity contribution in [3.63, 3.8) is 0 Å². The van der Waals surface area contributed by atoms with Crippen LogP contribution in [0.2, 0.25) is 0 Å². The number of sulfonamides is 1. The Hall–Kier alpha value is -1.93. The van der Waals surface area contributed by atoms with Gasteiger partial charge in [0.1, 0.15) is 0 Å². The van der Waals surface area contributed by atoms with E-state index >= 15 is 0 Å². The van der Waals surface area contributed by atoms with Crippen LogP contribution in [0.1, 0.15) is 5.56 Å². The fourth-order valence-electron chi connectivity index (χ4n) is 1.25. The maximum Gasteiger partial charge on any atom is 0.235 e. The number of carbonyl (C=O) groups excluding carboxylic acids is 2. The second-order valence-corrected chi connectivity index (χ2v) is 5.52. The Morgan fingerprint density at radius 1 is 1.11 bits per heavy atom. The highest BCUT2D eigenvalue weighted by Crippen LogP contribution is 2.03. The lowest BCUT2D eigenvalue weighted by Gasteiger charge is -2.08. The molecule has 1 aromatic rings. The van der Waals surface area contributed by atoms with Crippen LogP contribution in [0, 0.1) is 0 Å². The van der Waals surface area contributed by atoms with Crippen molar-refractivity contribution in [2.45, 2.75) is 5.75 Å². The van der Waals surface area contributed by atoms with Crippen molar-refractivity contribution in [3.8, 4) is 0 Å². The quantitative estimate of drug-likeness (QED) is 0.599. The molecule has 2 N–H and O–H groups in total. The van der Waals surface area contributed by atoms with Gasteiger partial charge in [0.2, 0.25) is 15.9 Å². The Kier molecular flexibility index (Phi) is 5.46. The predicted octanol–water partition coefficient (Wildman–Crippen LogP) is -2.03. The van der Waals surface area contributed by atoms with Crippen LogP contribution in [-0.2, 0) is 25.4 Å². The van der Waals surface area contributed by atoms with Crippen LogP contribution in [0.5, 0.6) is 0 Å². The van der Waals surface area contributed by atoms with Crippen molar-refractivity contribution >= 4 is 21.9 Å². The molecule has 0 bridgehead atoms. The lowest BCUT2D eigenvalue weighted by atomic mass is 10.2. The Morgan fingerprint density at radius 2 is 1.74 bits per heavy atom. The summed E-state index contributed by atoms with van der Waals surface area (Å²) in [5, 5.41) is 12.1. The molecular weight excluding hydrogens is 272 g/mol. The highest BCUT2D eigenvalue weighted by molar-refractivity contribution is 7.88. The lowest BCUT2D eigenvalue weighted by molar-refractivity contribution is -0.304. The summed E-state index contributed by atoms with van der Waals surface area (Å²) in [6, 6.07) is 8.47. The number of aliphatic carboxylic acids is 1. The van der Waals surface area contributed by atoms with E-state index in [0.717, 1.165) is 0 Å². The van der Waals surface area contributed by atoms with Crippen LogP contribution >= 0.6 is 0 Å². The van der Waals surface area contributed by atoms with Crippen LogP contribution in [0.3, 0.4) is 0 Å². The Labute approximate surface area is 110 Å². The van der Waals surface area contributed by atoms with E-state index in [0.29, 0.717) is 5.56 Å². The molecule has 0 spiro atoms. The molecule has 0 aliphatic heterocycles. The number of carboxylic acid groups (broad SMARTS) is 1. The van der Waals surface area contributed by atoms with Crippen LogP contribution in [0.4, 0.5) is 0 Å². The zero-order valence-corrected chi connectivity index (χ0v) is 10.8. The van der Waals surface area contributed by atoms with Crippen molar-refractivity contribution in [2.75, 3.05) is 13.1 Å². The first-order valence-corrected chi connectivity index (χ1v) is 7.02. The predicted molar refractivity (Wildman–Crippen MR) is 65.1 cm³/mol. The molecule has 0 atom stereocenters. The van der Waals surface area contributed by atoms with Crippen molar-refractivity contribution in [1.29, 1.82) is 0 Å². The van der Waals surface area contributed by atoms with Gasteiger partial charge in [-0.25, -0.2) is 13.1 Å². The SMILES string of the molecule is O=C([O-])CNC(=O)CNS(=O)(=O)Cc1ccccc1. The van der Waals surface area contributed by atoms with Gasteiger partial charge >= 0.3 is 0 Å². The number of amides is 1. The molecule has 0 aliphatic carbocycles. The number of benzene rings is 1. The van der Waals surface area contributed by atoms with Crippen molar-refractivity contribution in [1.82, 2.24) is 10.0 Å². The first-order chi connectivity index (χ1) is 8.89. The zero-order valence-electron chi connectivity index (χ0n) is 9.96. The summed E-state index contributed by atoms with van der Waals surface area (Å²) in [5.74, 6) is -2.43. The molecule has 1 rings (SSSR count). The van der Waals surface area contributed by atoms with E-state index in [1.54, 1.807) is 30.3 Å². The summed E-state index contributed by atoms with van der Waals surface area (Å²) in [7, 11) is -3.64. The summed E-state index contributed by atoms with van der Waals surface area (Å²) < 4.78 is 25.3. The van der Waals surface area contributed by atoms with Crippen molar-refractivity contribution in [3.05, 3.63) is 35.9 Å². The summed E-state index contributed by atoms with van der Waals surface area (Å²) >= 11 is 0. The van der Waals surface area contributed by atoms with E-state index in [-0.39, 0.29) is 5.75 Å². The van der Waals surface area contributed by atoms with E-state index in [4.69, 9.17) is 0 Å². The standard InChI is InChI=1S/C11H14N2O5S/c14-10(12-7-11(15)16)6-13-19(17,18)8-9-4-2-1-3-5-9/h1-5,13H,6-8H2,(H,12,14)(H,15,16)/p-1. The maximum atomic E-state index is 11.6. The van der Waals surface area contributed by atoms with Gasteiger partial charge in [-0.15, -0.1) is 0 Å². The number of hydrogen-bond acceptors (Lipinski definition) is 5. The second-order valence-electron chi connectivity index (χ2n) is 3.71. The molecule has 0 unspecified atom stereocenters. The van der Waals surface area contributed by atoms with E-state index in [2.05, 4.69) is 4.72 Å². The van der Waals surface area contributed by atoms with E-state index in [1.807, 2.05) is 5.32 Å². The van der Waals surface area contributed by atoms with Crippen LogP contribution in [0.25, 0.3) is 0 Å². The minimum absolute atomic E-state index is 0.248. The first kappa shape index (κ1) is 15.1. The van der Waals surface area contributed by atoms with Crippen molar-refractivity contribution < 1.29 is 23.1 Å². The highest BCUT2D eigenvalue weighted by atomic mass is 32.2. The van der Waals surface area contributed by atoms with E-state index in [1.165, 1.54) is 0 Å². The third-order valence-electron chi connectivity index (χ3n) is 2.08. The minimum atomic E-state index is -3.64. The maximum absolute atomic E-state index is 11.6. The molecular formula is C11H13N2O5S-. The highest BCUT2D eigenvalue weighted by Gasteiger charge is 2.12. The van der Waals surface area contributed by atoms with E-state index in [9.17, 15) is 23.1 Å². The van der Waals surface area contributed by atoms with Gasteiger partial charge in [-0.1, -0.05) is 30.3 Å². The number of rotatable bonds is 7. The summed E-state index contributed by atoms with van der Waals surface area (Å²) in [6.45, 7) is -1.16. The normalized spacial score (nSPS) is 10.9. The smallest absolute Gasteiger partial charge is 0.235 e. The molecule has 0 aromatic heterocycles. The Bertz CT molecular complexity index is 541. The Balaban J connectivity index is 2.43. The largest absolute Gasteiger partial charge is 0.548 e. The van der Waals surface area contributed by atoms with Crippen molar-refractivity contribution in [2.24, 2.45) is 0 Å². The molecule has 8 heteroatoms. The average molecular weight is 285 g/mol. The third-order valence-corrected chi connectivity index (χ3v) is 3.38. The molecule has 0 heterocycles. The molecule has 1 amide bonds. The number of nitrogens with one attached hydrogen (secondary N) is 2. The fourth-order valence-corrected chi connectivity index (χ4v) is 2.34. The first-order valence-electron chi connectivity index (χ1n) is 5.37. The lowest BCUT2D eigenvalue weighted by Crippen LogP contribution is -2.42. The molecule has 0 aliphatic rings. The molecule has 1 aromatic carbocycles. The number of carboxylic acids is 1. The average Bonchev–Trinajstić information content (AvgIpc) is 2.34. The molecule has 7 nitrogen and oxygen atoms in total.